The van der Waals surface area contributed by atoms with Gasteiger partial charge in [0.1, 0.15) is 37.1 Å². The van der Waals surface area contributed by atoms with Gasteiger partial charge >= 0.3 is 12.1 Å². The minimum atomic E-state index is -0.341. The van der Waals surface area contributed by atoms with Crippen LogP contribution in [0.25, 0.3) is 0 Å². The second kappa shape index (κ2) is 24.7. The molecule has 64 heavy (non-hydrogen) atoms. The van der Waals surface area contributed by atoms with Gasteiger partial charge in [-0.05, 0) is 78.4 Å². The Bertz CT molecular complexity index is 2170. The average Bonchev–Trinajstić information content (AvgIpc) is 3.35. The van der Waals surface area contributed by atoms with Crippen LogP contribution in [0.3, 0.4) is 0 Å². The standard InChI is InChI=1S/C52H61N3O9/c1-58-48-18-9-8-17-44(48)39-59-30-12-31-60-45-22-20-43(21-23-45)46-25-28-55(52(57)64-37-41-15-6-3-7-16-41)35-50(46)62-38-42-19-24-49-47(33-42)54(29-32-61-49)27-11-10-26-53-34-51(56)63-36-40-13-4-2-5-14-40/h2-9,13-24,33,46,50,53H,10-12,25-32,34-39H2,1H3. The van der Waals surface area contributed by atoms with Gasteiger partial charge in [-0.1, -0.05) is 97.1 Å². The fourth-order valence-corrected chi connectivity index (χ4v) is 7.99. The Labute approximate surface area is 377 Å². The van der Waals surface area contributed by atoms with Gasteiger partial charge in [0.2, 0.25) is 0 Å². The molecule has 5 aromatic carbocycles. The molecule has 0 aliphatic carbocycles. The maximum absolute atomic E-state index is 13.4. The van der Waals surface area contributed by atoms with Crippen LogP contribution < -0.4 is 24.4 Å². The average molecular weight is 872 g/mol. The van der Waals surface area contributed by atoms with Crippen molar-refractivity contribution >= 4 is 17.7 Å². The van der Waals surface area contributed by atoms with E-state index in [0.29, 0.717) is 46.1 Å². The smallest absolute Gasteiger partial charge is 0.410 e. The Morgan fingerprint density at radius 1 is 0.734 bits per heavy atom. The van der Waals surface area contributed by atoms with Crippen molar-refractivity contribution in [3.05, 3.63) is 155 Å². The number of nitrogens with one attached hydrogen (secondary N) is 1. The molecule has 338 valence electrons. The molecule has 0 bridgehead atoms. The Hall–Kier alpha value is -6.08. The predicted octanol–water partition coefficient (Wildman–Crippen LogP) is 8.70. The van der Waals surface area contributed by atoms with E-state index in [9.17, 15) is 9.59 Å². The normalized spacial score (nSPS) is 15.8. The van der Waals surface area contributed by atoms with Crippen LogP contribution in [0.5, 0.6) is 17.2 Å². The Morgan fingerprint density at radius 3 is 2.27 bits per heavy atom. The van der Waals surface area contributed by atoms with E-state index in [1.807, 2.05) is 103 Å². The molecule has 2 aliphatic heterocycles. The molecule has 1 N–H and O–H groups in total. The second-order valence-corrected chi connectivity index (χ2v) is 16.0. The molecule has 0 radical (unpaired) electrons. The number of unbranched alkanes of at least 4 members (excludes halogenated alkanes) is 1. The van der Waals surface area contributed by atoms with Crippen LogP contribution in [0.1, 0.15) is 59.4 Å². The number of benzene rings is 5. The number of amides is 1. The molecular weight excluding hydrogens is 811 g/mol. The number of rotatable bonds is 23. The third-order valence-corrected chi connectivity index (χ3v) is 11.5. The van der Waals surface area contributed by atoms with Gasteiger partial charge in [-0.25, -0.2) is 4.79 Å². The number of anilines is 1. The van der Waals surface area contributed by atoms with Crippen molar-refractivity contribution in [2.75, 3.05) is 71.1 Å². The monoisotopic (exact) mass is 871 g/mol. The number of para-hydroxylation sites is 1. The van der Waals surface area contributed by atoms with Crippen molar-refractivity contribution in [2.45, 2.75) is 64.1 Å². The number of esters is 1. The number of piperidine rings is 1. The SMILES string of the molecule is COc1ccccc1COCCCOc1ccc(C2CCN(C(=O)OCc3ccccc3)CC2OCc2ccc3c(c2)N(CCCCNCC(=O)OCc2ccccc2)CCO3)cc1. The molecule has 7 rings (SSSR count). The summed E-state index contributed by atoms with van der Waals surface area (Å²) in [6.07, 6.45) is 2.75. The first-order valence-corrected chi connectivity index (χ1v) is 22.4. The predicted molar refractivity (Wildman–Crippen MR) is 246 cm³/mol. The zero-order chi connectivity index (χ0) is 44.2. The highest BCUT2D eigenvalue weighted by atomic mass is 16.6. The van der Waals surface area contributed by atoms with Gasteiger partial charge in [-0.15, -0.1) is 0 Å². The number of ether oxygens (including phenoxy) is 7. The molecule has 1 saturated heterocycles. The van der Waals surface area contributed by atoms with E-state index in [-0.39, 0.29) is 43.8 Å². The lowest BCUT2D eigenvalue weighted by Crippen LogP contribution is -2.47. The van der Waals surface area contributed by atoms with E-state index in [0.717, 1.165) is 96.1 Å². The summed E-state index contributed by atoms with van der Waals surface area (Å²) in [6.45, 7) is 6.63. The van der Waals surface area contributed by atoms with E-state index in [1.165, 1.54) is 0 Å². The van der Waals surface area contributed by atoms with Gasteiger partial charge in [-0.3, -0.25) is 4.79 Å². The lowest BCUT2D eigenvalue weighted by Gasteiger charge is -2.38. The molecule has 12 nitrogen and oxygen atoms in total. The maximum atomic E-state index is 13.4. The lowest BCUT2D eigenvalue weighted by molar-refractivity contribution is -0.143. The molecule has 0 saturated carbocycles. The number of methoxy groups -OCH3 is 1. The topological polar surface area (TPSA) is 117 Å². The number of carbonyl (C=O) groups is 2. The Morgan fingerprint density at radius 2 is 1.48 bits per heavy atom. The molecular formula is C52H61N3O9. The highest BCUT2D eigenvalue weighted by molar-refractivity contribution is 5.71. The van der Waals surface area contributed by atoms with E-state index >= 15 is 0 Å². The minimum Gasteiger partial charge on any atom is -0.496 e. The fraction of sp³-hybridized carbons (Fsp3) is 0.385. The number of fused-ring (bicyclic) bond motifs is 1. The molecule has 12 heteroatoms. The summed E-state index contributed by atoms with van der Waals surface area (Å²) in [5, 5.41) is 3.22. The molecule has 1 fully saturated rings. The van der Waals surface area contributed by atoms with Gasteiger partial charge in [0, 0.05) is 31.0 Å². The summed E-state index contributed by atoms with van der Waals surface area (Å²) < 4.78 is 41.3. The highest BCUT2D eigenvalue weighted by Crippen LogP contribution is 2.35. The number of nitrogens with zero attached hydrogens (tertiary/aromatic N) is 2. The molecule has 1 amide bonds. The van der Waals surface area contributed by atoms with Crippen LogP contribution in [-0.4, -0.2) is 89.3 Å². The van der Waals surface area contributed by atoms with Crippen molar-refractivity contribution < 1.29 is 42.7 Å². The zero-order valence-corrected chi connectivity index (χ0v) is 36.9. The van der Waals surface area contributed by atoms with Crippen LogP contribution in [-0.2, 0) is 50.2 Å². The summed E-state index contributed by atoms with van der Waals surface area (Å²) in [5.74, 6) is 2.29. The van der Waals surface area contributed by atoms with Crippen molar-refractivity contribution in [2.24, 2.45) is 0 Å². The van der Waals surface area contributed by atoms with Gasteiger partial charge in [0.15, 0.2) is 0 Å². The number of hydrogen-bond donors (Lipinski definition) is 1. The first-order valence-electron chi connectivity index (χ1n) is 22.4. The first kappa shape index (κ1) is 45.9. The summed E-state index contributed by atoms with van der Waals surface area (Å²) in [6, 6.07) is 41.8. The maximum Gasteiger partial charge on any atom is 0.410 e. The first-order chi connectivity index (χ1) is 31.5. The number of likely N-dealkylation sites (tertiary alicyclic amines) is 1. The summed E-state index contributed by atoms with van der Waals surface area (Å²) in [5.41, 5.74) is 6.16. The molecule has 2 heterocycles. The number of hydrogen-bond acceptors (Lipinski definition) is 11. The molecule has 2 unspecified atom stereocenters. The largest absolute Gasteiger partial charge is 0.496 e. The lowest BCUT2D eigenvalue weighted by atomic mass is 9.87. The van der Waals surface area contributed by atoms with Crippen LogP contribution in [0.2, 0.25) is 0 Å². The van der Waals surface area contributed by atoms with Crippen molar-refractivity contribution in [1.29, 1.82) is 0 Å². The van der Waals surface area contributed by atoms with Crippen LogP contribution in [0.4, 0.5) is 10.5 Å². The van der Waals surface area contributed by atoms with Crippen LogP contribution >= 0.6 is 0 Å². The third kappa shape index (κ3) is 14.0. The fourth-order valence-electron chi connectivity index (χ4n) is 7.99. The van der Waals surface area contributed by atoms with Crippen molar-refractivity contribution in [3.8, 4) is 17.2 Å². The molecule has 0 spiro atoms. The summed E-state index contributed by atoms with van der Waals surface area (Å²) in [7, 11) is 1.67. The van der Waals surface area contributed by atoms with Crippen molar-refractivity contribution in [3.63, 3.8) is 0 Å². The molecule has 2 atom stereocenters. The van der Waals surface area contributed by atoms with Gasteiger partial charge < -0.3 is 48.3 Å². The van der Waals surface area contributed by atoms with E-state index in [4.69, 9.17) is 33.2 Å². The van der Waals surface area contributed by atoms with Crippen molar-refractivity contribution in [1.82, 2.24) is 10.2 Å². The zero-order valence-electron chi connectivity index (χ0n) is 36.9. The second-order valence-electron chi connectivity index (χ2n) is 16.0. The summed E-state index contributed by atoms with van der Waals surface area (Å²) >= 11 is 0. The van der Waals surface area contributed by atoms with Crippen LogP contribution in [0.15, 0.2) is 127 Å². The molecule has 5 aromatic rings. The molecule has 2 aliphatic rings. The number of carbonyl (C=O) groups excluding carboxylic acids is 2. The molecule has 0 aromatic heterocycles. The Kier molecular flexibility index (Phi) is 17.7. The third-order valence-electron chi connectivity index (χ3n) is 11.5. The van der Waals surface area contributed by atoms with E-state index in [1.54, 1.807) is 12.0 Å². The van der Waals surface area contributed by atoms with E-state index < -0.39 is 0 Å². The van der Waals surface area contributed by atoms with Gasteiger partial charge in [-0.2, -0.15) is 0 Å². The quantitative estimate of drug-likeness (QED) is 0.0502. The van der Waals surface area contributed by atoms with Gasteiger partial charge in [0.25, 0.3) is 0 Å². The van der Waals surface area contributed by atoms with E-state index in [2.05, 4.69) is 34.5 Å². The van der Waals surface area contributed by atoms with Crippen LogP contribution in [0, 0.1) is 0 Å². The highest BCUT2D eigenvalue weighted by Gasteiger charge is 2.34. The summed E-state index contributed by atoms with van der Waals surface area (Å²) in [4.78, 5) is 29.7. The van der Waals surface area contributed by atoms with Gasteiger partial charge in [0.05, 0.1) is 65.0 Å². The Balaban J connectivity index is 0.906. The minimum absolute atomic E-state index is 0.0624.